The first-order valence-corrected chi connectivity index (χ1v) is 7.80. The van der Waals surface area contributed by atoms with Gasteiger partial charge >= 0.3 is 6.03 Å². The summed E-state index contributed by atoms with van der Waals surface area (Å²) < 4.78 is 18.6. The van der Waals surface area contributed by atoms with Gasteiger partial charge in [-0.2, -0.15) is 0 Å². The summed E-state index contributed by atoms with van der Waals surface area (Å²) in [5.41, 5.74) is -0.185. The summed E-state index contributed by atoms with van der Waals surface area (Å²) in [5, 5.41) is 14.9. The lowest BCUT2D eigenvalue weighted by Gasteiger charge is -2.26. The maximum absolute atomic E-state index is 13.1. The van der Waals surface area contributed by atoms with Crippen LogP contribution in [0.25, 0.3) is 0 Å². The topological polar surface area (TPSA) is 70.6 Å². The fourth-order valence-corrected chi connectivity index (χ4v) is 2.30. The predicted octanol–water partition coefficient (Wildman–Crippen LogP) is 2.69. The van der Waals surface area contributed by atoms with Crippen molar-refractivity contribution in [2.75, 3.05) is 13.1 Å². The van der Waals surface area contributed by atoms with Gasteiger partial charge in [0.1, 0.15) is 17.7 Å². The predicted molar refractivity (Wildman–Crippen MR) is 88.0 cm³/mol. The largest absolute Gasteiger partial charge is 0.489 e. The van der Waals surface area contributed by atoms with Gasteiger partial charge in [-0.05, 0) is 37.8 Å². The number of amides is 2. The zero-order valence-corrected chi connectivity index (χ0v) is 14.2. The smallest absolute Gasteiger partial charge is 0.314 e. The number of aliphatic hydroxyl groups is 1. The van der Waals surface area contributed by atoms with Crippen molar-refractivity contribution in [1.82, 2.24) is 10.6 Å². The average Bonchev–Trinajstić information content (AvgIpc) is 2.41. The number of hydrogen-bond donors (Lipinski definition) is 3. The van der Waals surface area contributed by atoms with Gasteiger partial charge < -0.3 is 20.5 Å². The van der Waals surface area contributed by atoms with E-state index in [0.29, 0.717) is 25.3 Å². The summed E-state index contributed by atoms with van der Waals surface area (Å²) in [6, 6.07) is 5.59. The van der Waals surface area contributed by atoms with Crippen LogP contribution in [0, 0.1) is 11.2 Å². The summed E-state index contributed by atoms with van der Waals surface area (Å²) in [7, 11) is 0. The van der Waals surface area contributed by atoms with Crippen molar-refractivity contribution in [3.63, 3.8) is 0 Å². The van der Waals surface area contributed by atoms with Crippen molar-refractivity contribution in [2.45, 2.75) is 46.3 Å². The number of benzene rings is 1. The van der Waals surface area contributed by atoms with E-state index in [-0.39, 0.29) is 23.4 Å². The lowest BCUT2D eigenvalue weighted by atomic mass is 9.87. The summed E-state index contributed by atoms with van der Waals surface area (Å²) in [4.78, 5) is 11.8. The Morgan fingerprint density at radius 3 is 2.65 bits per heavy atom. The fraction of sp³-hybridized carbons (Fsp3) is 0.588. The minimum atomic E-state index is -0.408. The molecule has 3 N–H and O–H groups in total. The summed E-state index contributed by atoms with van der Waals surface area (Å²) >= 11 is 0. The lowest BCUT2D eigenvalue weighted by molar-refractivity contribution is 0.128. The maximum atomic E-state index is 13.1. The third kappa shape index (κ3) is 8.40. The standard InChI is InChI=1S/C17H27FN2O3/c1-12(21)9-17(3,4)11-20-16(22)19-10-13(2)23-15-7-5-6-14(18)8-15/h5-8,12-13,21H,9-11H2,1-4H3,(H2,19,20,22). The molecule has 0 spiro atoms. The van der Waals surface area contributed by atoms with Crippen LogP contribution in [0.3, 0.4) is 0 Å². The van der Waals surface area contributed by atoms with Crippen molar-refractivity contribution in [2.24, 2.45) is 5.41 Å². The highest BCUT2D eigenvalue weighted by atomic mass is 19.1. The molecule has 0 saturated heterocycles. The van der Waals surface area contributed by atoms with E-state index in [2.05, 4.69) is 10.6 Å². The van der Waals surface area contributed by atoms with Crippen LogP contribution in [-0.4, -0.2) is 36.4 Å². The van der Waals surface area contributed by atoms with Crippen LogP contribution in [0.4, 0.5) is 9.18 Å². The molecule has 2 unspecified atom stereocenters. The molecule has 0 aliphatic carbocycles. The molecule has 6 heteroatoms. The number of nitrogens with one attached hydrogen (secondary N) is 2. The van der Waals surface area contributed by atoms with Crippen molar-refractivity contribution in [1.29, 1.82) is 0 Å². The number of halogens is 1. The van der Waals surface area contributed by atoms with E-state index in [1.165, 1.54) is 12.1 Å². The first kappa shape index (κ1) is 19.2. The normalized spacial score (nSPS) is 14.0. The zero-order valence-electron chi connectivity index (χ0n) is 14.2. The fourth-order valence-electron chi connectivity index (χ4n) is 2.30. The number of carbonyl (C=O) groups is 1. The Kier molecular flexibility index (Phi) is 7.29. The minimum absolute atomic E-state index is 0.185. The highest BCUT2D eigenvalue weighted by Gasteiger charge is 2.21. The van der Waals surface area contributed by atoms with E-state index in [1.54, 1.807) is 26.0 Å². The highest BCUT2D eigenvalue weighted by molar-refractivity contribution is 5.73. The molecule has 0 fully saturated rings. The zero-order chi connectivity index (χ0) is 17.5. The van der Waals surface area contributed by atoms with E-state index in [4.69, 9.17) is 4.74 Å². The van der Waals surface area contributed by atoms with Crippen LogP contribution in [-0.2, 0) is 0 Å². The van der Waals surface area contributed by atoms with Crippen LogP contribution < -0.4 is 15.4 Å². The molecule has 0 heterocycles. The van der Waals surface area contributed by atoms with Crippen molar-refractivity contribution < 1.29 is 19.0 Å². The van der Waals surface area contributed by atoms with Crippen LogP contribution in [0.15, 0.2) is 24.3 Å². The highest BCUT2D eigenvalue weighted by Crippen LogP contribution is 2.20. The summed E-state index contributed by atoms with van der Waals surface area (Å²) in [5.74, 6) is 0.0681. The third-order valence-electron chi connectivity index (χ3n) is 3.26. The van der Waals surface area contributed by atoms with Crippen LogP contribution in [0.2, 0.25) is 0 Å². The molecule has 0 radical (unpaired) electrons. The van der Waals surface area contributed by atoms with Crippen molar-refractivity contribution in [3.05, 3.63) is 30.1 Å². The second-order valence-electron chi connectivity index (χ2n) is 6.67. The first-order valence-electron chi connectivity index (χ1n) is 7.80. The third-order valence-corrected chi connectivity index (χ3v) is 3.26. The van der Waals surface area contributed by atoms with Gasteiger partial charge in [-0.3, -0.25) is 0 Å². The Balaban J connectivity index is 2.30. The molecule has 0 bridgehead atoms. The maximum Gasteiger partial charge on any atom is 0.314 e. The number of ether oxygens (including phenoxy) is 1. The SMILES string of the molecule is CC(O)CC(C)(C)CNC(=O)NCC(C)Oc1cccc(F)c1. The molecule has 1 rings (SSSR count). The molecule has 1 aromatic rings. The Labute approximate surface area is 137 Å². The molecule has 23 heavy (non-hydrogen) atoms. The number of aliphatic hydroxyl groups excluding tert-OH is 1. The van der Waals surface area contributed by atoms with Crippen molar-refractivity contribution >= 4 is 6.03 Å². The minimum Gasteiger partial charge on any atom is -0.489 e. The number of rotatable bonds is 8. The van der Waals surface area contributed by atoms with Gasteiger partial charge in [0.05, 0.1) is 12.6 Å². The second-order valence-corrected chi connectivity index (χ2v) is 6.67. The van der Waals surface area contributed by atoms with Gasteiger partial charge in [0.25, 0.3) is 0 Å². The molecule has 5 nitrogen and oxygen atoms in total. The molecule has 0 aliphatic rings. The Morgan fingerprint density at radius 2 is 2.04 bits per heavy atom. The molecule has 0 aliphatic heterocycles. The van der Waals surface area contributed by atoms with E-state index in [0.717, 1.165) is 0 Å². The van der Waals surface area contributed by atoms with Gasteiger partial charge in [0, 0.05) is 12.6 Å². The Bertz CT molecular complexity index is 506. The molecule has 130 valence electrons. The Hall–Kier alpha value is -1.82. The summed E-state index contributed by atoms with van der Waals surface area (Å²) in [6.07, 6.45) is -0.0885. The molecule has 0 saturated carbocycles. The molecule has 0 aromatic heterocycles. The first-order chi connectivity index (χ1) is 10.7. The molecular formula is C17H27FN2O3. The van der Waals surface area contributed by atoms with Crippen LogP contribution in [0.1, 0.15) is 34.1 Å². The monoisotopic (exact) mass is 326 g/mol. The van der Waals surface area contributed by atoms with Crippen LogP contribution >= 0.6 is 0 Å². The van der Waals surface area contributed by atoms with Crippen molar-refractivity contribution in [3.8, 4) is 5.75 Å². The van der Waals surface area contributed by atoms with Gasteiger partial charge in [-0.15, -0.1) is 0 Å². The van der Waals surface area contributed by atoms with Crippen LogP contribution in [0.5, 0.6) is 5.75 Å². The van der Waals surface area contributed by atoms with Gasteiger partial charge in [0.2, 0.25) is 0 Å². The Morgan fingerprint density at radius 1 is 1.35 bits per heavy atom. The van der Waals surface area contributed by atoms with Gasteiger partial charge in [-0.1, -0.05) is 19.9 Å². The van der Waals surface area contributed by atoms with E-state index < -0.39 is 6.10 Å². The average molecular weight is 326 g/mol. The van der Waals surface area contributed by atoms with Gasteiger partial charge in [-0.25, -0.2) is 9.18 Å². The lowest BCUT2D eigenvalue weighted by Crippen LogP contribution is -2.44. The quantitative estimate of drug-likeness (QED) is 0.688. The molecule has 1 aromatic carbocycles. The van der Waals surface area contributed by atoms with E-state index >= 15 is 0 Å². The summed E-state index contributed by atoms with van der Waals surface area (Å²) in [6.45, 7) is 8.25. The molecule has 2 amide bonds. The second kappa shape index (κ2) is 8.72. The van der Waals surface area contributed by atoms with Gasteiger partial charge in [0.15, 0.2) is 0 Å². The molecular weight excluding hydrogens is 299 g/mol. The number of urea groups is 1. The van der Waals surface area contributed by atoms with E-state index in [9.17, 15) is 14.3 Å². The number of hydrogen-bond acceptors (Lipinski definition) is 3. The van der Waals surface area contributed by atoms with E-state index in [1.807, 2.05) is 13.8 Å². The molecule has 2 atom stereocenters. The number of carbonyl (C=O) groups excluding carboxylic acids is 1.